The van der Waals surface area contributed by atoms with Crippen LogP contribution in [-0.4, -0.2) is 49.3 Å². The van der Waals surface area contributed by atoms with E-state index < -0.39 is 0 Å². The lowest BCUT2D eigenvalue weighted by Gasteiger charge is -2.35. The molecule has 3 heterocycles. The predicted octanol–water partition coefficient (Wildman–Crippen LogP) is 3.25. The Kier molecular flexibility index (Phi) is 5.93. The van der Waals surface area contributed by atoms with Gasteiger partial charge in [-0.15, -0.1) is 0 Å². The van der Waals surface area contributed by atoms with Crippen LogP contribution in [0, 0.1) is 11.8 Å². The number of aromatic nitrogens is 1. The summed E-state index contributed by atoms with van der Waals surface area (Å²) in [7, 11) is 0. The van der Waals surface area contributed by atoms with Gasteiger partial charge in [0, 0.05) is 31.8 Å². The van der Waals surface area contributed by atoms with E-state index in [9.17, 15) is 0 Å². The minimum Gasteiger partial charge on any atom is -0.476 e. The van der Waals surface area contributed by atoms with Crippen molar-refractivity contribution < 1.29 is 9.47 Å². The molecule has 4 nitrogen and oxygen atoms in total. The molecule has 2 aliphatic rings. The Morgan fingerprint density at radius 2 is 2.23 bits per heavy atom. The second kappa shape index (κ2) is 8.14. The molecule has 0 spiro atoms. The smallest absolute Gasteiger partial charge is 0.232 e. The number of pyridine rings is 1. The second-order valence-corrected chi connectivity index (χ2v) is 6.86. The van der Waals surface area contributed by atoms with Gasteiger partial charge < -0.3 is 14.4 Å². The Morgan fingerprint density at radius 1 is 1.32 bits per heavy atom. The highest BCUT2D eigenvalue weighted by Gasteiger charge is 2.24. The zero-order valence-corrected chi connectivity index (χ0v) is 13.8. The van der Waals surface area contributed by atoms with E-state index in [4.69, 9.17) is 21.1 Å². The van der Waals surface area contributed by atoms with E-state index in [2.05, 4.69) is 9.88 Å². The number of piperidine rings is 1. The molecule has 22 heavy (non-hydrogen) atoms. The summed E-state index contributed by atoms with van der Waals surface area (Å²) in [5.74, 6) is 1.83. The molecule has 0 amide bonds. The molecule has 0 aromatic carbocycles. The van der Waals surface area contributed by atoms with Crippen LogP contribution in [-0.2, 0) is 4.74 Å². The molecule has 1 aromatic rings. The molecule has 2 fully saturated rings. The fourth-order valence-electron chi connectivity index (χ4n) is 3.44. The number of hydrogen-bond donors (Lipinski definition) is 0. The first-order chi connectivity index (χ1) is 10.8. The standard InChI is InChI=1S/C17H25ClN2O2/c18-16-6-1-7-19-17(16)22-13-15-4-2-8-20(11-15)10-14-5-3-9-21-12-14/h1,6-7,14-15H,2-5,8-13H2. The van der Waals surface area contributed by atoms with Crippen molar-refractivity contribution >= 4 is 11.6 Å². The molecule has 0 saturated carbocycles. The van der Waals surface area contributed by atoms with Crippen molar-refractivity contribution in [2.75, 3.05) is 39.5 Å². The van der Waals surface area contributed by atoms with Crippen LogP contribution in [0.15, 0.2) is 18.3 Å². The number of ether oxygens (including phenoxy) is 2. The van der Waals surface area contributed by atoms with Gasteiger partial charge in [-0.25, -0.2) is 4.98 Å². The number of halogens is 1. The van der Waals surface area contributed by atoms with Gasteiger partial charge in [0.05, 0.1) is 13.2 Å². The molecule has 2 unspecified atom stereocenters. The summed E-state index contributed by atoms with van der Waals surface area (Å²) >= 11 is 6.09. The van der Waals surface area contributed by atoms with Crippen LogP contribution in [0.1, 0.15) is 25.7 Å². The average molecular weight is 325 g/mol. The molecule has 5 heteroatoms. The fourth-order valence-corrected chi connectivity index (χ4v) is 3.62. The van der Waals surface area contributed by atoms with Crippen LogP contribution in [0.5, 0.6) is 5.88 Å². The molecule has 2 aliphatic heterocycles. The lowest BCUT2D eigenvalue weighted by molar-refractivity contribution is 0.0279. The van der Waals surface area contributed by atoms with E-state index in [1.54, 1.807) is 6.20 Å². The lowest BCUT2D eigenvalue weighted by Crippen LogP contribution is -2.41. The number of nitrogens with zero attached hydrogens (tertiary/aromatic N) is 2. The zero-order chi connectivity index (χ0) is 15.2. The van der Waals surface area contributed by atoms with Crippen LogP contribution in [0.25, 0.3) is 0 Å². The van der Waals surface area contributed by atoms with Gasteiger partial charge in [-0.05, 0) is 50.3 Å². The third-order valence-electron chi connectivity index (χ3n) is 4.55. The lowest BCUT2D eigenvalue weighted by atomic mass is 9.96. The molecule has 1 aromatic heterocycles. The predicted molar refractivity (Wildman–Crippen MR) is 87.4 cm³/mol. The Bertz CT molecular complexity index is 466. The normalized spacial score (nSPS) is 26.8. The zero-order valence-electron chi connectivity index (χ0n) is 13.0. The minimum absolute atomic E-state index is 0.557. The third kappa shape index (κ3) is 4.58. The highest BCUT2D eigenvalue weighted by atomic mass is 35.5. The maximum absolute atomic E-state index is 6.09. The van der Waals surface area contributed by atoms with Gasteiger partial charge in [-0.2, -0.15) is 0 Å². The summed E-state index contributed by atoms with van der Waals surface area (Å²) in [6.07, 6.45) is 6.71. The van der Waals surface area contributed by atoms with Gasteiger partial charge in [0.1, 0.15) is 5.02 Å². The molecule has 3 rings (SSSR count). The Hall–Kier alpha value is -0.840. The largest absolute Gasteiger partial charge is 0.476 e. The van der Waals surface area contributed by atoms with E-state index in [0.29, 0.717) is 29.3 Å². The highest BCUT2D eigenvalue weighted by Crippen LogP contribution is 2.24. The van der Waals surface area contributed by atoms with Crippen molar-refractivity contribution in [2.24, 2.45) is 11.8 Å². The number of hydrogen-bond acceptors (Lipinski definition) is 4. The summed E-state index contributed by atoms with van der Waals surface area (Å²) in [4.78, 5) is 6.77. The summed E-state index contributed by atoms with van der Waals surface area (Å²) in [5, 5.41) is 0.592. The number of likely N-dealkylation sites (tertiary alicyclic amines) is 1. The first-order valence-electron chi connectivity index (χ1n) is 8.34. The molecule has 122 valence electrons. The average Bonchev–Trinajstić information content (AvgIpc) is 2.55. The van der Waals surface area contributed by atoms with Crippen LogP contribution in [0.4, 0.5) is 0 Å². The highest BCUT2D eigenvalue weighted by molar-refractivity contribution is 6.31. The van der Waals surface area contributed by atoms with Crippen LogP contribution in [0.3, 0.4) is 0 Å². The van der Waals surface area contributed by atoms with Crippen molar-refractivity contribution in [2.45, 2.75) is 25.7 Å². The van der Waals surface area contributed by atoms with Gasteiger partial charge in [-0.3, -0.25) is 0 Å². The monoisotopic (exact) mass is 324 g/mol. The summed E-state index contributed by atoms with van der Waals surface area (Å²) < 4.78 is 11.4. The molecule has 0 N–H and O–H groups in total. The van der Waals surface area contributed by atoms with E-state index >= 15 is 0 Å². The Balaban J connectivity index is 1.45. The van der Waals surface area contributed by atoms with Gasteiger partial charge in [0.25, 0.3) is 0 Å². The van der Waals surface area contributed by atoms with Crippen molar-refractivity contribution in [3.8, 4) is 5.88 Å². The molecule has 0 bridgehead atoms. The summed E-state index contributed by atoms with van der Waals surface area (Å²) in [6, 6.07) is 3.64. The number of rotatable bonds is 5. The first-order valence-corrected chi connectivity index (χ1v) is 8.72. The molecule has 0 radical (unpaired) electrons. The molecule has 2 atom stereocenters. The van der Waals surface area contributed by atoms with Crippen molar-refractivity contribution in [1.82, 2.24) is 9.88 Å². The Morgan fingerprint density at radius 3 is 3.05 bits per heavy atom. The molecule has 2 saturated heterocycles. The summed E-state index contributed by atoms with van der Waals surface area (Å²) in [6.45, 7) is 6.06. The fraction of sp³-hybridized carbons (Fsp3) is 0.706. The van der Waals surface area contributed by atoms with E-state index in [1.165, 1.54) is 38.8 Å². The van der Waals surface area contributed by atoms with Gasteiger partial charge in [0.2, 0.25) is 5.88 Å². The van der Waals surface area contributed by atoms with Gasteiger partial charge >= 0.3 is 0 Å². The SMILES string of the molecule is Clc1cccnc1OCC1CCCN(CC2CCCOC2)C1. The molecular weight excluding hydrogens is 300 g/mol. The van der Waals surface area contributed by atoms with Crippen molar-refractivity contribution in [3.63, 3.8) is 0 Å². The van der Waals surface area contributed by atoms with E-state index in [1.807, 2.05) is 12.1 Å². The molecule has 0 aliphatic carbocycles. The second-order valence-electron chi connectivity index (χ2n) is 6.45. The maximum Gasteiger partial charge on any atom is 0.232 e. The van der Waals surface area contributed by atoms with Gasteiger partial charge in [-0.1, -0.05) is 11.6 Å². The Labute approximate surface area is 137 Å². The van der Waals surface area contributed by atoms with Crippen molar-refractivity contribution in [3.05, 3.63) is 23.4 Å². The van der Waals surface area contributed by atoms with Gasteiger partial charge in [0.15, 0.2) is 0 Å². The van der Waals surface area contributed by atoms with E-state index in [-0.39, 0.29) is 0 Å². The minimum atomic E-state index is 0.557. The van der Waals surface area contributed by atoms with Crippen LogP contribution in [0.2, 0.25) is 5.02 Å². The third-order valence-corrected chi connectivity index (χ3v) is 4.84. The summed E-state index contributed by atoms with van der Waals surface area (Å²) in [5.41, 5.74) is 0. The first kappa shape index (κ1) is 16.0. The van der Waals surface area contributed by atoms with Crippen molar-refractivity contribution in [1.29, 1.82) is 0 Å². The van der Waals surface area contributed by atoms with Crippen LogP contribution < -0.4 is 4.74 Å². The quantitative estimate of drug-likeness (QED) is 0.832. The topological polar surface area (TPSA) is 34.6 Å². The maximum atomic E-state index is 6.09. The molecular formula is C17H25ClN2O2. The van der Waals surface area contributed by atoms with E-state index in [0.717, 1.165) is 19.8 Å². The van der Waals surface area contributed by atoms with Crippen LogP contribution >= 0.6 is 11.6 Å².